The molecule has 1 atom stereocenters. The molecule has 0 aromatic carbocycles. The van der Waals surface area contributed by atoms with Crippen molar-refractivity contribution in [1.82, 2.24) is 24.6 Å². The lowest BCUT2D eigenvalue weighted by Gasteiger charge is -2.23. The topological polar surface area (TPSA) is 97.2 Å². The summed E-state index contributed by atoms with van der Waals surface area (Å²) in [6.07, 6.45) is 0.402. The Morgan fingerprint density at radius 2 is 2.00 bits per heavy atom. The van der Waals surface area contributed by atoms with Gasteiger partial charge in [0.15, 0.2) is 4.60 Å². The van der Waals surface area contributed by atoms with E-state index in [1.165, 1.54) is 11.9 Å². The maximum atomic E-state index is 12.4. The van der Waals surface area contributed by atoms with Crippen LogP contribution in [-0.2, 0) is 21.9 Å². The van der Waals surface area contributed by atoms with Gasteiger partial charge in [-0.05, 0) is 28.3 Å². The molecule has 120 valence electrons. The predicted octanol–water partition coefficient (Wildman–Crippen LogP) is 0.359. The number of nitrogens with zero attached hydrogens (tertiary/aromatic N) is 4. The van der Waals surface area contributed by atoms with Gasteiger partial charge in [-0.1, -0.05) is 19.1 Å². The fraction of sp³-hybridized carbons (Fsp3) is 0.727. The number of nitrogens with one attached hydrogen (secondary N) is 1. The Labute approximate surface area is 133 Å². The molecule has 1 aromatic rings. The van der Waals surface area contributed by atoms with Gasteiger partial charge in [0.25, 0.3) is 10.0 Å². The number of hydrogen-bond donors (Lipinski definition) is 1. The molecule has 8 nitrogen and oxygen atoms in total. The zero-order valence-corrected chi connectivity index (χ0v) is 15.1. The summed E-state index contributed by atoms with van der Waals surface area (Å²) >= 11 is 3.05. The van der Waals surface area contributed by atoms with Crippen LogP contribution in [0.4, 0.5) is 0 Å². The lowest BCUT2D eigenvalue weighted by molar-refractivity contribution is -0.130. The zero-order valence-electron chi connectivity index (χ0n) is 12.7. The number of aryl methyl sites for hydroxylation is 1. The maximum absolute atomic E-state index is 12.4. The van der Waals surface area contributed by atoms with E-state index in [4.69, 9.17) is 0 Å². The van der Waals surface area contributed by atoms with Gasteiger partial charge in [-0.25, -0.2) is 13.1 Å². The van der Waals surface area contributed by atoms with Crippen molar-refractivity contribution in [3.8, 4) is 0 Å². The summed E-state index contributed by atoms with van der Waals surface area (Å²) in [4.78, 5) is 13.5. The third-order valence-electron chi connectivity index (χ3n) is 2.74. The van der Waals surface area contributed by atoms with E-state index in [1.807, 2.05) is 13.8 Å². The Balaban J connectivity index is 3.10. The Kier molecular flexibility index (Phi) is 5.88. The van der Waals surface area contributed by atoms with Crippen molar-refractivity contribution >= 4 is 31.9 Å². The first-order valence-electron chi connectivity index (χ1n) is 6.35. The van der Waals surface area contributed by atoms with Crippen LogP contribution < -0.4 is 4.72 Å². The van der Waals surface area contributed by atoms with Gasteiger partial charge in [-0.15, -0.1) is 5.10 Å². The lowest BCUT2D eigenvalue weighted by Crippen LogP contribution is -2.47. The smallest absolute Gasteiger partial charge is 0.261 e. The number of aromatic nitrogens is 3. The van der Waals surface area contributed by atoms with E-state index in [-0.39, 0.29) is 21.5 Å². The van der Waals surface area contributed by atoms with E-state index in [9.17, 15) is 13.2 Å². The predicted molar refractivity (Wildman–Crippen MR) is 81.0 cm³/mol. The highest BCUT2D eigenvalue weighted by Gasteiger charge is 2.31. The van der Waals surface area contributed by atoms with Gasteiger partial charge in [0.1, 0.15) is 6.04 Å². The molecule has 1 heterocycles. The summed E-state index contributed by atoms with van der Waals surface area (Å²) in [6.45, 7) is 3.84. The Morgan fingerprint density at radius 1 is 1.43 bits per heavy atom. The number of rotatable bonds is 6. The molecule has 21 heavy (non-hydrogen) atoms. The highest BCUT2D eigenvalue weighted by Crippen LogP contribution is 2.19. The van der Waals surface area contributed by atoms with Crippen molar-refractivity contribution in [1.29, 1.82) is 0 Å². The highest BCUT2D eigenvalue weighted by atomic mass is 79.9. The third kappa shape index (κ3) is 4.48. The van der Waals surface area contributed by atoms with E-state index in [0.29, 0.717) is 6.42 Å². The first kappa shape index (κ1) is 18.1. The van der Waals surface area contributed by atoms with Crippen LogP contribution in [0.2, 0.25) is 0 Å². The molecule has 0 bridgehead atoms. The summed E-state index contributed by atoms with van der Waals surface area (Å²) in [5.41, 5.74) is 0. The molecule has 0 aliphatic rings. The molecule has 1 aromatic heterocycles. The molecule has 0 fully saturated rings. The molecule has 0 aliphatic carbocycles. The molecule has 0 aliphatic heterocycles. The largest absolute Gasteiger partial charge is 0.347 e. The Morgan fingerprint density at radius 3 is 2.38 bits per heavy atom. The number of sulfonamides is 1. The second-order valence-electron chi connectivity index (χ2n) is 5.35. The Hall–Kier alpha value is -1.00. The maximum Gasteiger partial charge on any atom is 0.261 e. The third-order valence-corrected chi connectivity index (χ3v) is 5.09. The van der Waals surface area contributed by atoms with Crippen LogP contribution in [0.5, 0.6) is 0 Å². The number of halogens is 1. The van der Waals surface area contributed by atoms with Gasteiger partial charge in [-0.2, -0.15) is 4.72 Å². The van der Waals surface area contributed by atoms with Gasteiger partial charge >= 0.3 is 0 Å². The number of carbonyl (C=O) groups excluding carboxylic acids is 1. The van der Waals surface area contributed by atoms with Crippen LogP contribution in [0.25, 0.3) is 0 Å². The van der Waals surface area contributed by atoms with E-state index in [2.05, 4.69) is 31.0 Å². The van der Waals surface area contributed by atoms with Crippen molar-refractivity contribution in [2.75, 3.05) is 14.1 Å². The molecule has 10 heteroatoms. The standard InChI is InChI=1S/C11H20BrN5O3S/c1-7(2)6-8(10(18)16(3)4)14-21(19,20)11-9(12)13-15-17(11)5/h7-8,14H,6H2,1-5H3. The van der Waals surface area contributed by atoms with Crippen molar-refractivity contribution in [2.24, 2.45) is 13.0 Å². The quantitative estimate of drug-likeness (QED) is 0.766. The molecule has 0 saturated heterocycles. The molecule has 1 amide bonds. The van der Waals surface area contributed by atoms with E-state index < -0.39 is 16.1 Å². The van der Waals surface area contributed by atoms with Gasteiger partial charge < -0.3 is 4.90 Å². The second kappa shape index (κ2) is 6.84. The fourth-order valence-electron chi connectivity index (χ4n) is 1.83. The first-order chi connectivity index (χ1) is 9.56. The van der Waals surface area contributed by atoms with Crippen molar-refractivity contribution in [3.63, 3.8) is 0 Å². The summed E-state index contributed by atoms with van der Waals surface area (Å²) in [6, 6.07) is -0.827. The van der Waals surface area contributed by atoms with Crippen LogP contribution in [0, 0.1) is 5.92 Å². The summed E-state index contributed by atoms with van der Waals surface area (Å²) in [5, 5.41) is 7.17. The number of carbonyl (C=O) groups is 1. The lowest BCUT2D eigenvalue weighted by atomic mass is 10.0. The average molecular weight is 382 g/mol. The van der Waals surface area contributed by atoms with Gasteiger partial charge in [0, 0.05) is 21.1 Å². The molecule has 0 spiro atoms. The second-order valence-corrected chi connectivity index (χ2v) is 7.73. The number of amides is 1. The van der Waals surface area contributed by atoms with Crippen LogP contribution >= 0.6 is 15.9 Å². The molecule has 1 rings (SSSR count). The molecular formula is C11H20BrN5O3S. The van der Waals surface area contributed by atoms with Gasteiger partial charge in [0.05, 0.1) is 0 Å². The van der Waals surface area contributed by atoms with E-state index in [0.717, 1.165) is 4.68 Å². The molecule has 1 unspecified atom stereocenters. The minimum atomic E-state index is -3.91. The summed E-state index contributed by atoms with van der Waals surface area (Å²) in [5.74, 6) is -0.131. The van der Waals surface area contributed by atoms with E-state index >= 15 is 0 Å². The van der Waals surface area contributed by atoms with Crippen molar-refractivity contribution < 1.29 is 13.2 Å². The van der Waals surface area contributed by atoms with Crippen LogP contribution in [0.1, 0.15) is 20.3 Å². The SMILES string of the molecule is CC(C)CC(NS(=O)(=O)c1c(Br)nnn1C)C(=O)N(C)C. The van der Waals surface area contributed by atoms with Crippen LogP contribution in [-0.4, -0.2) is 54.4 Å². The van der Waals surface area contributed by atoms with Crippen molar-refractivity contribution in [2.45, 2.75) is 31.3 Å². The van der Waals surface area contributed by atoms with Gasteiger partial charge in [0.2, 0.25) is 10.9 Å². The average Bonchev–Trinajstić information content (AvgIpc) is 2.66. The molecule has 0 saturated carbocycles. The van der Waals surface area contributed by atoms with Crippen LogP contribution in [0.3, 0.4) is 0 Å². The summed E-state index contributed by atoms with van der Waals surface area (Å²) in [7, 11) is 0.739. The normalized spacial score (nSPS) is 13.5. The molecular weight excluding hydrogens is 362 g/mol. The van der Waals surface area contributed by atoms with E-state index in [1.54, 1.807) is 14.1 Å². The first-order valence-corrected chi connectivity index (χ1v) is 8.62. The monoisotopic (exact) mass is 381 g/mol. The highest BCUT2D eigenvalue weighted by molar-refractivity contribution is 9.10. The Bertz CT molecular complexity index is 592. The summed E-state index contributed by atoms with van der Waals surface area (Å²) < 4.78 is 28.6. The minimum Gasteiger partial charge on any atom is -0.347 e. The number of likely N-dealkylation sites (N-methyl/N-ethyl adjacent to an activating group) is 1. The number of hydrogen-bond acceptors (Lipinski definition) is 5. The van der Waals surface area contributed by atoms with Crippen molar-refractivity contribution in [3.05, 3.63) is 4.60 Å². The minimum absolute atomic E-state index is 0.109. The zero-order chi connectivity index (χ0) is 16.4. The molecule has 0 radical (unpaired) electrons. The molecule has 1 N–H and O–H groups in total. The van der Waals surface area contributed by atoms with Crippen LogP contribution in [0.15, 0.2) is 9.63 Å². The fourth-order valence-corrected chi connectivity index (χ4v) is 4.13. The van der Waals surface area contributed by atoms with Gasteiger partial charge in [-0.3, -0.25) is 4.79 Å².